The fraction of sp³-hybridized carbons (Fsp3) is 0.667. The van der Waals surface area contributed by atoms with E-state index in [9.17, 15) is 0 Å². The second-order valence-electron chi connectivity index (χ2n) is 12.1. The van der Waals surface area contributed by atoms with E-state index in [1.165, 1.54) is 7.11 Å². The van der Waals surface area contributed by atoms with E-state index in [-0.39, 0.29) is 6.01 Å². The normalized spacial score (nSPS) is 12.4. The summed E-state index contributed by atoms with van der Waals surface area (Å²) >= 11 is 0. The number of rotatable bonds is 8. The number of fused-ring (bicyclic) bond motifs is 1. The van der Waals surface area contributed by atoms with E-state index in [1.807, 2.05) is 0 Å². The average molecular weight is 553 g/mol. The second-order valence-corrected chi connectivity index (χ2v) is 23.3. The summed E-state index contributed by atoms with van der Waals surface area (Å²) in [7, 11) is -0.918. The van der Waals surface area contributed by atoms with Crippen LogP contribution in [0.2, 0.25) is 33.2 Å². The zero-order chi connectivity index (χ0) is 29.0. The van der Waals surface area contributed by atoms with Gasteiger partial charge in [-0.25, -0.2) is 9.97 Å². The molecule has 0 unspecified atom stereocenters. The van der Waals surface area contributed by atoms with E-state index >= 15 is 0 Å². The Morgan fingerprint density at radius 1 is 0.526 bits per heavy atom. The smallest absolute Gasteiger partial charge is 0.321 e. The maximum absolute atomic E-state index is 5.53. The number of hydrogen-bond acceptors (Lipinski definition) is 6. The molecular weight excluding hydrogens is 505 g/mol. The monoisotopic (exact) mass is 552 g/mol. The first-order valence-electron chi connectivity index (χ1n) is 13.9. The van der Waals surface area contributed by atoms with Gasteiger partial charge >= 0.3 is 6.01 Å². The third-order valence-electron chi connectivity index (χ3n) is 8.38. The van der Waals surface area contributed by atoms with Crippen LogP contribution < -0.4 is 9.47 Å². The molecule has 0 saturated heterocycles. The molecule has 0 saturated carbocycles. The molecule has 8 heteroatoms. The van der Waals surface area contributed by atoms with Crippen LogP contribution in [0.15, 0.2) is 0 Å². The Bertz CT molecular complexity index is 1200. The molecule has 0 spiro atoms. The summed E-state index contributed by atoms with van der Waals surface area (Å²) in [5.74, 6) is 7.32. The molecule has 0 amide bonds. The van der Waals surface area contributed by atoms with Crippen LogP contribution in [0.5, 0.6) is 11.9 Å². The van der Waals surface area contributed by atoms with Crippen molar-refractivity contribution in [2.24, 2.45) is 0 Å². The van der Waals surface area contributed by atoms with Gasteiger partial charge in [0.15, 0.2) is 11.2 Å². The third-order valence-corrected chi connectivity index (χ3v) is 21.0. The number of hydrogen-bond donors (Lipinski definition) is 0. The van der Waals surface area contributed by atoms with Gasteiger partial charge in [0.25, 0.3) is 0 Å². The van der Waals surface area contributed by atoms with Gasteiger partial charge in [-0.1, -0.05) is 94.9 Å². The van der Waals surface area contributed by atoms with Crippen molar-refractivity contribution in [3.05, 3.63) is 11.4 Å². The van der Waals surface area contributed by atoms with Crippen molar-refractivity contribution < 1.29 is 9.47 Å². The Morgan fingerprint density at radius 2 is 0.921 bits per heavy atom. The fourth-order valence-electron chi connectivity index (χ4n) is 6.51. The van der Waals surface area contributed by atoms with Crippen molar-refractivity contribution in [3.63, 3.8) is 0 Å². The molecule has 208 valence electrons. The van der Waals surface area contributed by atoms with E-state index in [4.69, 9.17) is 19.4 Å². The maximum atomic E-state index is 5.53. The molecule has 0 aliphatic heterocycles. The first-order chi connectivity index (χ1) is 17.7. The van der Waals surface area contributed by atoms with Crippen molar-refractivity contribution in [2.75, 3.05) is 14.2 Å². The quantitative estimate of drug-likeness (QED) is 0.248. The highest BCUT2D eigenvalue weighted by atomic mass is 28.3. The molecule has 2 rings (SSSR count). The molecule has 0 fully saturated rings. The number of methoxy groups -OCH3 is 2. The molecule has 2 aromatic heterocycles. The van der Waals surface area contributed by atoms with Crippen LogP contribution in [0, 0.1) is 22.9 Å². The van der Waals surface area contributed by atoms with E-state index in [0.717, 1.165) is 0 Å². The van der Waals surface area contributed by atoms with Gasteiger partial charge in [0.1, 0.15) is 27.5 Å². The molecule has 0 atom stereocenters. The number of ether oxygens (including phenoxy) is 2. The van der Waals surface area contributed by atoms with Crippen LogP contribution in [-0.4, -0.2) is 50.3 Å². The lowest BCUT2D eigenvalue weighted by Gasteiger charge is -2.38. The highest BCUT2D eigenvalue weighted by Gasteiger charge is 2.43. The zero-order valence-electron chi connectivity index (χ0n) is 26.1. The van der Waals surface area contributed by atoms with E-state index in [1.54, 1.807) is 7.11 Å². The third kappa shape index (κ3) is 5.92. The van der Waals surface area contributed by atoms with Crippen molar-refractivity contribution in [1.29, 1.82) is 0 Å². The molecule has 0 bridgehead atoms. The summed E-state index contributed by atoms with van der Waals surface area (Å²) in [5.41, 5.74) is 12.6. The fourth-order valence-corrected chi connectivity index (χ4v) is 16.9. The Labute approximate surface area is 233 Å². The largest absolute Gasteiger partial charge is 0.479 e. The lowest BCUT2D eigenvalue weighted by atomic mass is 10.3. The second kappa shape index (κ2) is 12.6. The minimum atomic E-state index is -2.00. The Kier molecular flexibility index (Phi) is 10.6. The molecule has 0 aliphatic rings. The van der Waals surface area contributed by atoms with Gasteiger partial charge in [-0.05, 0) is 33.2 Å². The summed E-state index contributed by atoms with van der Waals surface area (Å²) < 4.78 is 10.8. The molecule has 38 heavy (non-hydrogen) atoms. The standard InChI is InChI=1S/C30H48N4O2Si2/c1-19(2)37(20(3)4,21(5)6)17-15-25-26(16-18-38(22(7)8,23(9)10)24(11)12)32-28-27(31-25)29(35-13)34-30(33-28)36-14/h19-24H,1-14H3. The van der Waals surface area contributed by atoms with Crippen LogP contribution >= 0.6 is 0 Å². The Balaban J connectivity index is 2.99. The average Bonchev–Trinajstić information content (AvgIpc) is 2.82. The Hall–Kier alpha value is -2.43. The lowest BCUT2D eigenvalue weighted by molar-refractivity contribution is 0.356. The van der Waals surface area contributed by atoms with E-state index in [2.05, 4.69) is 116 Å². The van der Waals surface area contributed by atoms with E-state index < -0.39 is 16.1 Å². The van der Waals surface area contributed by atoms with Crippen LogP contribution in [0.3, 0.4) is 0 Å². The molecule has 0 radical (unpaired) electrons. The van der Waals surface area contributed by atoms with Crippen molar-refractivity contribution in [1.82, 2.24) is 19.9 Å². The minimum absolute atomic E-state index is 0.183. The molecular formula is C30H48N4O2Si2. The summed E-state index contributed by atoms with van der Waals surface area (Å²) in [6.45, 7) is 27.7. The van der Waals surface area contributed by atoms with Crippen molar-refractivity contribution >= 4 is 27.3 Å². The summed E-state index contributed by atoms with van der Waals surface area (Å²) in [5, 5.41) is 0. The SMILES string of the molecule is COc1nc(OC)c2nc(C#C[Si](C(C)C)(C(C)C)C(C)C)c(C#C[Si](C(C)C)(C(C)C)C(C)C)nc2n1. The summed E-state index contributed by atoms with van der Waals surface area (Å²) in [6, 6.07) is 0.183. The Morgan fingerprint density at radius 3 is 1.26 bits per heavy atom. The van der Waals surface area contributed by atoms with Crippen molar-refractivity contribution in [2.45, 2.75) is 116 Å². The van der Waals surface area contributed by atoms with Crippen LogP contribution in [0.1, 0.15) is 94.5 Å². The van der Waals surface area contributed by atoms with Gasteiger partial charge in [-0.2, -0.15) is 9.97 Å². The molecule has 2 heterocycles. The van der Waals surface area contributed by atoms with Gasteiger partial charge in [0.2, 0.25) is 5.88 Å². The molecule has 6 nitrogen and oxygen atoms in total. The van der Waals surface area contributed by atoms with Crippen LogP contribution in [-0.2, 0) is 0 Å². The van der Waals surface area contributed by atoms with Gasteiger partial charge < -0.3 is 9.47 Å². The van der Waals surface area contributed by atoms with Crippen LogP contribution in [0.4, 0.5) is 0 Å². The first kappa shape index (κ1) is 31.8. The van der Waals surface area contributed by atoms with Crippen LogP contribution in [0.25, 0.3) is 11.2 Å². The summed E-state index contributed by atoms with van der Waals surface area (Å²) in [6.07, 6.45) is 0. The highest BCUT2D eigenvalue weighted by Crippen LogP contribution is 2.42. The lowest BCUT2D eigenvalue weighted by Crippen LogP contribution is -2.43. The van der Waals surface area contributed by atoms with Gasteiger partial charge in [0.05, 0.1) is 14.2 Å². The molecule has 0 aliphatic carbocycles. The van der Waals surface area contributed by atoms with Gasteiger partial charge in [0, 0.05) is 0 Å². The van der Waals surface area contributed by atoms with Crippen molar-refractivity contribution in [3.8, 4) is 34.8 Å². The number of aromatic nitrogens is 4. The first-order valence-corrected chi connectivity index (χ1v) is 18.4. The minimum Gasteiger partial charge on any atom is -0.479 e. The topological polar surface area (TPSA) is 70.0 Å². The molecule has 2 aromatic rings. The predicted octanol–water partition coefficient (Wildman–Crippen LogP) is 7.58. The highest BCUT2D eigenvalue weighted by molar-refractivity contribution is 6.91. The number of nitrogens with zero attached hydrogens (tertiary/aromatic N) is 4. The molecule has 0 aromatic carbocycles. The predicted molar refractivity (Wildman–Crippen MR) is 164 cm³/mol. The van der Waals surface area contributed by atoms with Gasteiger partial charge in [-0.3, -0.25) is 0 Å². The zero-order valence-corrected chi connectivity index (χ0v) is 28.1. The molecule has 0 N–H and O–H groups in total. The van der Waals surface area contributed by atoms with E-state index in [0.29, 0.717) is 61.7 Å². The van der Waals surface area contributed by atoms with Gasteiger partial charge in [-0.15, -0.1) is 11.1 Å². The maximum Gasteiger partial charge on any atom is 0.321 e. The summed E-state index contributed by atoms with van der Waals surface area (Å²) in [4.78, 5) is 18.6.